The first-order valence-corrected chi connectivity index (χ1v) is 10.0. The summed E-state index contributed by atoms with van der Waals surface area (Å²) in [7, 11) is 1.40. The molecule has 0 atom stereocenters. The topological polar surface area (TPSA) is 69.0 Å². The first-order chi connectivity index (χ1) is 14.5. The van der Waals surface area contributed by atoms with Crippen molar-refractivity contribution < 1.29 is 18.7 Å². The van der Waals surface area contributed by atoms with E-state index in [1.54, 1.807) is 15.5 Å². The second-order valence-corrected chi connectivity index (χ2v) is 7.62. The quantitative estimate of drug-likeness (QED) is 0.642. The summed E-state index contributed by atoms with van der Waals surface area (Å²) in [6.45, 7) is 5.72. The minimum absolute atomic E-state index is 0.134. The van der Waals surface area contributed by atoms with Gasteiger partial charge in [0.05, 0.1) is 25.1 Å². The van der Waals surface area contributed by atoms with E-state index in [9.17, 15) is 9.18 Å². The maximum atomic E-state index is 13.9. The molecule has 0 aliphatic carbocycles. The number of rotatable bonds is 5. The van der Waals surface area contributed by atoms with Crippen molar-refractivity contribution in [1.82, 2.24) is 19.5 Å². The first-order valence-electron chi connectivity index (χ1n) is 10.0. The van der Waals surface area contributed by atoms with Gasteiger partial charge in [0.25, 0.3) is 5.91 Å². The summed E-state index contributed by atoms with van der Waals surface area (Å²) in [4.78, 5) is 18.9. The molecular weight excluding hydrogens is 387 g/mol. The Morgan fingerprint density at radius 1 is 1.20 bits per heavy atom. The van der Waals surface area contributed by atoms with Crippen LogP contribution in [0.5, 0.6) is 11.6 Å². The number of imidazole rings is 1. The van der Waals surface area contributed by atoms with Crippen molar-refractivity contribution in [2.45, 2.75) is 26.7 Å². The molecule has 0 saturated carbocycles. The number of carbonyl (C=O) groups is 1. The maximum absolute atomic E-state index is 13.9. The lowest BCUT2D eigenvalue weighted by atomic mass is 9.97. The van der Waals surface area contributed by atoms with Crippen molar-refractivity contribution in [3.8, 4) is 11.6 Å². The summed E-state index contributed by atoms with van der Waals surface area (Å²) in [5, 5.41) is 4.51. The third-order valence-electron chi connectivity index (χ3n) is 5.68. The van der Waals surface area contributed by atoms with Gasteiger partial charge in [0.2, 0.25) is 5.88 Å². The van der Waals surface area contributed by atoms with Gasteiger partial charge in [-0.2, -0.15) is 0 Å². The standard InChI is InChI=1S/C22H25FN4O3/c1-14-15(2)27-20(24-14)6-7-21(25-27)30-13-16-8-10-26(11-9-16)22(28)17-4-5-19(29-3)18(23)12-17/h4-7,12,16H,8-11,13H2,1-3H3. The van der Waals surface area contributed by atoms with E-state index in [4.69, 9.17) is 9.47 Å². The second kappa shape index (κ2) is 8.30. The Bertz CT molecular complexity index is 1070. The van der Waals surface area contributed by atoms with Crippen LogP contribution < -0.4 is 9.47 Å². The fourth-order valence-corrected chi connectivity index (χ4v) is 3.70. The van der Waals surface area contributed by atoms with Crippen LogP contribution in [0.2, 0.25) is 0 Å². The number of likely N-dealkylation sites (tertiary alicyclic amines) is 1. The van der Waals surface area contributed by atoms with Crippen LogP contribution in [-0.2, 0) is 0 Å². The second-order valence-electron chi connectivity index (χ2n) is 7.62. The van der Waals surface area contributed by atoms with Crippen molar-refractivity contribution >= 4 is 11.6 Å². The molecule has 30 heavy (non-hydrogen) atoms. The van der Waals surface area contributed by atoms with Crippen LogP contribution in [0.1, 0.15) is 34.6 Å². The van der Waals surface area contributed by atoms with Gasteiger partial charge in [0.1, 0.15) is 0 Å². The number of ether oxygens (including phenoxy) is 2. The van der Waals surface area contributed by atoms with Crippen molar-refractivity contribution in [2.75, 3.05) is 26.8 Å². The molecule has 0 unspecified atom stereocenters. The minimum atomic E-state index is -0.528. The average Bonchev–Trinajstić information content (AvgIpc) is 3.05. The number of aromatic nitrogens is 3. The third kappa shape index (κ3) is 3.94. The Morgan fingerprint density at radius 2 is 1.97 bits per heavy atom. The van der Waals surface area contributed by atoms with Gasteiger partial charge in [-0.05, 0) is 56.9 Å². The summed E-state index contributed by atoms with van der Waals surface area (Å²) in [6, 6.07) is 8.05. The van der Waals surface area contributed by atoms with Crippen molar-refractivity contribution in [3.63, 3.8) is 0 Å². The molecule has 7 nitrogen and oxygen atoms in total. The van der Waals surface area contributed by atoms with Gasteiger partial charge in [-0.3, -0.25) is 4.79 Å². The molecular formula is C22H25FN4O3. The summed E-state index contributed by atoms with van der Waals surface area (Å²) in [5.74, 6) is 0.351. The van der Waals surface area contributed by atoms with E-state index in [-0.39, 0.29) is 11.7 Å². The molecule has 4 rings (SSSR count). The van der Waals surface area contributed by atoms with Gasteiger partial charge in [0, 0.05) is 24.7 Å². The number of nitrogens with zero attached hydrogens (tertiary/aromatic N) is 4. The number of methoxy groups -OCH3 is 1. The molecule has 1 amide bonds. The predicted molar refractivity (Wildman–Crippen MR) is 110 cm³/mol. The number of aryl methyl sites for hydroxylation is 2. The fraction of sp³-hybridized carbons (Fsp3) is 0.409. The Morgan fingerprint density at radius 3 is 2.67 bits per heavy atom. The zero-order valence-corrected chi connectivity index (χ0v) is 17.4. The molecule has 8 heteroatoms. The normalized spacial score (nSPS) is 14.9. The summed E-state index contributed by atoms with van der Waals surface area (Å²) >= 11 is 0. The van der Waals surface area contributed by atoms with E-state index in [1.165, 1.54) is 19.2 Å². The zero-order valence-electron chi connectivity index (χ0n) is 17.4. The number of halogens is 1. The van der Waals surface area contributed by atoms with E-state index in [0.29, 0.717) is 37.1 Å². The molecule has 1 saturated heterocycles. The Hall–Kier alpha value is -3.16. The van der Waals surface area contributed by atoms with Crippen LogP contribution in [0, 0.1) is 25.6 Å². The number of fused-ring (bicyclic) bond motifs is 1. The molecule has 1 aliphatic heterocycles. The first kappa shape index (κ1) is 20.1. The predicted octanol–water partition coefficient (Wildman–Crippen LogP) is 3.43. The maximum Gasteiger partial charge on any atom is 0.253 e. The molecule has 1 aromatic carbocycles. The lowest BCUT2D eigenvalue weighted by Crippen LogP contribution is -2.39. The SMILES string of the molecule is COc1ccc(C(=O)N2CCC(COc3ccc4nc(C)c(C)n4n3)CC2)cc1F. The monoisotopic (exact) mass is 412 g/mol. The highest BCUT2D eigenvalue weighted by atomic mass is 19.1. The largest absolute Gasteiger partial charge is 0.494 e. The Labute approximate surface area is 174 Å². The van der Waals surface area contributed by atoms with Gasteiger partial charge in [-0.15, -0.1) is 5.10 Å². The molecule has 3 aromatic rings. The molecule has 0 bridgehead atoms. The molecule has 2 aromatic heterocycles. The third-order valence-corrected chi connectivity index (χ3v) is 5.68. The smallest absolute Gasteiger partial charge is 0.253 e. The fourth-order valence-electron chi connectivity index (χ4n) is 3.70. The summed E-state index contributed by atoms with van der Waals surface area (Å²) in [6.07, 6.45) is 1.66. The molecule has 0 radical (unpaired) electrons. The van der Waals surface area contributed by atoms with Crippen molar-refractivity contribution in [2.24, 2.45) is 5.92 Å². The number of hydrogen-bond donors (Lipinski definition) is 0. The highest BCUT2D eigenvalue weighted by Crippen LogP contribution is 2.23. The summed E-state index contributed by atoms with van der Waals surface area (Å²) in [5.41, 5.74) is 3.09. The number of piperidine rings is 1. The molecule has 0 spiro atoms. The van der Waals surface area contributed by atoms with E-state index < -0.39 is 5.82 Å². The van der Waals surface area contributed by atoms with Crippen LogP contribution >= 0.6 is 0 Å². The van der Waals surface area contributed by atoms with Gasteiger partial charge in [-0.1, -0.05) is 0 Å². The van der Waals surface area contributed by atoms with Gasteiger partial charge in [0.15, 0.2) is 17.2 Å². The molecule has 158 valence electrons. The summed E-state index contributed by atoms with van der Waals surface area (Å²) < 4.78 is 26.5. The van der Waals surface area contributed by atoms with E-state index in [1.807, 2.05) is 26.0 Å². The molecule has 1 aliphatic rings. The van der Waals surface area contributed by atoms with Gasteiger partial charge in [-0.25, -0.2) is 13.9 Å². The number of benzene rings is 1. The van der Waals surface area contributed by atoms with Crippen LogP contribution in [0.4, 0.5) is 4.39 Å². The van der Waals surface area contributed by atoms with Crippen molar-refractivity contribution in [1.29, 1.82) is 0 Å². The van der Waals surface area contributed by atoms with E-state index >= 15 is 0 Å². The van der Waals surface area contributed by atoms with Crippen LogP contribution in [0.3, 0.4) is 0 Å². The Balaban J connectivity index is 1.32. The molecule has 0 N–H and O–H groups in total. The number of amides is 1. The Kier molecular flexibility index (Phi) is 5.57. The average molecular weight is 412 g/mol. The highest BCUT2D eigenvalue weighted by Gasteiger charge is 2.25. The van der Waals surface area contributed by atoms with E-state index in [0.717, 1.165) is 29.9 Å². The van der Waals surface area contributed by atoms with E-state index in [2.05, 4.69) is 10.1 Å². The van der Waals surface area contributed by atoms with Crippen LogP contribution in [-0.4, -0.2) is 52.2 Å². The lowest BCUT2D eigenvalue weighted by Gasteiger charge is -2.32. The minimum Gasteiger partial charge on any atom is -0.494 e. The van der Waals surface area contributed by atoms with Gasteiger partial charge >= 0.3 is 0 Å². The van der Waals surface area contributed by atoms with Crippen LogP contribution in [0.25, 0.3) is 5.65 Å². The lowest BCUT2D eigenvalue weighted by molar-refractivity contribution is 0.0658. The highest BCUT2D eigenvalue weighted by molar-refractivity contribution is 5.94. The number of hydrogen-bond acceptors (Lipinski definition) is 5. The molecule has 3 heterocycles. The zero-order chi connectivity index (χ0) is 21.3. The van der Waals surface area contributed by atoms with Gasteiger partial charge < -0.3 is 14.4 Å². The number of carbonyl (C=O) groups excluding carboxylic acids is 1. The van der Waals surface area contributed by atoms with Crippen LogP contribution in [0.15, 0.2) is 30.3 Å². The van der Waals surface area contributed by atoms with Crippen molar-refractivity contribution in [3.05, 3.63) is 53.1 Å². The molecule has 1 fully saturated rings.